The van der Waals surface area contributed by atoms with Crippen LogP contribution in [0.3, 0.4) is 0 Å². The Morgan fingerprint density at radius 3 is 1.52 bits per heavy atom. The second-order valence-electron chi connectivity index (χ2n) is 23.6. The smallest absolute Gasteiger partial charge is 0.317 e. The molecular formula is C61H105N13O19. The number of aliphatic carboxylic acids is 4. The molecule has 528 valence electrons. The quantitative estimate of drug-likeness (QED) is 0.0219. The van der Waals surface area contributed by atoms with E-state index in [1.54, 1.807) is 0 Å². The molecule has 0 radical (unpaired) electrons. The largest absolute Gasteiger partial charge is 0.481 e. The molecule has 0 aromatic carbocycles. The number of carbonyl (C=O) groups is 13. The van der Waals surface area contributed by atoms with E-state index in [0.717, 1.165) is 56.3 Å². The summed E-state index contributed by atoms with van der Waals surface area (Å²) in [4.78, 5) is 169. The summed E-state index contributed by atoms with van der Waals surface area (Å²) in [6.45, 7) is 1.50. The predicted molar refractivity (Wildman–Crippen MR) is 337 cm³/mol. The number of primary amides is 1. The Labute approximate surface area is 544 Å². The first-order chi connectivity index (χ1) is 44.4. The van der Waals surface area contributed by atoms with E-state index < -0.39 is 127 Å². The van der Waals surface area contributed by atoms with E-state index in [2.05, 4.69) is 37.2 Å². The molecule has 0 aliphatic carbocycles. The highest BCUT2D eigenvalue weighted by Gasteiger charge is 2.42. The fourth-order valence-corrected chi connectivity index (χ4v) is 11.0. The molecule has 16 N–H and O–H groups in total. The number of unbranched alkanes of at least 4 members (excludes halogenated alkanes) is 13. The lowest BCUT2D eigenvalue weighted by atomic mass is 10.0. The molecule has 2 aliphatic rings. The van der Waals surface area contributed by atoms with Gasteiger partial charge in [-0.05, 0) is 103 Å². The van der Waals surface area contributed by atoms with Crippen LogP contribution in [0.25, 0.3) is 0 Å². The number of nitrogens with two attached hydrogens (primary N) is 2. The standard InChI is InChI=1S/C61H105N13O19/c1-42(75)73-34-20-25-48(73)60(91)74-35-19-24-47(74)59(90)71-45(23-18-31-67-61(63)64)57(88)70-46(28-29-52(80)81)58(89)69-44(22-15-17-33-72(39-53(82)83)40-54(84)85)56(87)68-43(55(62)86)21-14-16-30-65-50(77)41-93-38-37-92-36-32-66-49(76)26-12-10-8-6-4-2-3-5-7-9-11-13-27-51(78)79/h43-48H,2-41H2,1H3,(H2,62,86)(H,65,77)(H,66,76)(H,68,87)(H,69,89)(H,70,88)(H,71,90)(H,78,79)(H,80,81)(H,82,83)(H,84,85)(H4,63,64,67)/t43-,44-,45-,46-,47-,48-/m0/s1. The molecule has 93 heavy (non-hydrogen) atoms. The first-order valence-corrected chi connectivity index (χ1v) is 32.8. The van der Waals surface area contributed by atoms with Crippen molar-refractivity contribution in [1.82, 2.24) is 51.9 Å². The minimum Gasteiger partial charge on any atom is -0.481 e. The van der Waals surface area contributed by atoms with Gasteiger partial charge in [0, 0.05) is 58.9 Å². The van der Waals surface area contributed by atoms with E-state index >= 15 is 0 Å². The van der Waals surface area contributed by atoms with Crippen LogP contribution in [0, 0.1) is 5.41 Å². The number of carboxylic acid groups (broad SMARTS) is 4. The average Bonchev–Trinajstić information content (AvgIpc) is 1.71. The van der Waals surface area contributed by atoms with Crippen LogP contribution in [0.15, 0.2) is 0 Å². The molecule has 0 unspecified atom stereocenters. The number of ether oxygens (including phenoxy) is 2. The Morgan fingerprint density at radius 1 is 0.484 bits per heavy atom. The lowest BCUT2D eigenvalue weighted by molar-refractivity contribution is -0.146. The minimum absolute atomic E-state index is 0.0227. The molecule has 0 aromatic rings. The topological polar surface area (TPSA) is 491 Å². The number of likely N-dealkylation sites (tertiary alicyclic amines) is 2. The Kier molecular flexibility index (Phi) is 42.0. The minimum atomic E-state index is -1.66. The third kappa shape index (κ3) is 37.5. The molecule has 32 nitrogen and oxygen atoms in total. The highest BCUT2D eigenvalue weighted by molar-refractivity contribution is 5.97. The van der Waals surface area contributed by atoms with Crippen molar-refractivity contribution < 1.29 is 92.2 Å². The van der Waals surface area contributed by atoms with Crippen molar-refractivity contribution >= 4 is 83.0 Å². The highest BCUT2D eigenvalue weighted by Crippen LogP contribution is 2.26. The zero-order chi connectivity index (χ0) is 68.9. The van der Waals surface area contributed by atoms with Gasteiger partial charge in [-0.2, -0.15) is 0 Å². The Bertz CT molecular complexity index is 2390. The van der Waals surface area contributed by atoms with Gasteiger partial charge in [0.25, 0.3) is 0 Å². The molecule has 2 aliphatic heterocycles. The van der Waals surface area contributed by atoms with Crippen LogP contribution in [-0.2, 0) is 71.8 Å². The number of nitrogens with zero attached hydrogens (tertiary/aromatic N) is 3. The van der Waals surface area contributed by atoms with E-state index in [9.17, 15) is 77.6 Å². The number of rotatable bonds is 54. The highest BCUT2D eigenvalue weighted by atomic mass is 16.5. The summed E-state index contributed by atoms with van der Waals surface area (Å²) < 4.78 is 10.9. The number of carboxylic acids is 4. The average molecular weight is 1320 g/mol. The number of carbonyl (C=O) groups excluding carboxylic acids is 9. The molecule has 0 aromatic heterocycles. The maximum absolute atomic E-state index is 14.3. The monoisotopic (exact) mass is 1320 g/mol. The molecule has 0 spiro atoms. The van der Waals surface area contributed by atoms with Gasteiger partial charge in [-0.3, -0.25) is 72.6 Å². The number of hydrogen-bond donors (Lipinski definition) is 14. The third-order valence-corrected chi connectivity index (χ3v) is 15.9. The molecule has 9 amide bonds. The summed E-state index contributed by atoms with van der Waals surface area (Å²) in [5.41, 5.74) is 11.2. The van der Waals surface area contributed by atoms with E-state index in [1.807, 2.05) is 0 Å². The van der Waals surface area contributed by atoms with Crippen LogP contribution >= 0.6 is 0 Å². The van der Waals surface area contributed by atoms with Crippen LogP contribution in [-0.4, -0.2) is 233 Å². The van der Waals surface area contributed by atoms with E-state index in [1.165, 1.54) is 42.4 Å². The molecule has 2 saturated heterocycles. The van der Waals surface area contributed by atoms with Crippen molar-refractivity contribution in [1.29, 1.82) is 5.41 Å². The van der Waals surface area contributed by atoms with Crippen molar-refractivity contribution in [3.63, 3.8) is 0 Å². The first kappa shape index (κ1) is 81.4. The molecule has 0 bridgehead atoms. The summed E-state index contributed by atoms with van der Waals surface area (Å²) in [6.07, 6.45) is 14.4. The lowest BCUT2D eigenvalue weighted by Crippen LogP contribution is -2.59. The molecule has 2 rings (SSSR count). The zero-order valence-electron chi connectivity index (χ0n) is 54.2. The molecule has 2 fully saturated rings. The third-order valence-electron chi connectivity index (χ3n) is 15.9. The van der Waals surface area contributed by atoms with Crippen LogP contribution < -0.4 is 48.7 Å². The fraction of sp³-hybridized carbons (Fsp3) is 0.770. The van der Waals surface area contributed by atoms with Crippen molar-refractivity contribution in [2.24, 2.45) is 11.5 Å². The van der Waals surface area contributed by atoms with Crippen LogP contribution in [0.1, 0.15) is 187 Å². The van der Waals surface area contributed by atoms with E-state index in [4.69, 9.17) is 31.5 Å². The molecule has 32 heteroatoms. The Balaban J connectivity index is 1.98. The first-order valence-electron chi connectivity index (χ1n) is 32.8. The molecular weight excluding hydrogens is 1220 g/mol. The summed E-state index contributed by atoms with van der Waals surface area (Å²) in [5.74, 6) is -10.8. The van der Waals surface area contributed by atoms with Crippen LogP contribution in [0.5, 0.6) is 0 Å². The van der Waals surface area contributed by atoms with E-state index in [-0.39, 0.29) is 128 Å². The van der Waals surface area contributed by atoms with E-state index in [0.29, 0.717) is 45.2 Å². The fourth-order valence-electron chi connectivity index (χ4n) is 11.0. The summed E-state index contributed by atoms with van der Waals surface area (Å²) in [6, 6.07) is -7.68. The van der Waals surface area contributed by atoms with Gasteiger partial charge >= 0.3 is 23.9 Å². The molecule has 2 heterocycles. The van der Waals surface area contributed by atoms with Gasteiger partial charge in [-0.25, -0.2) is 0 Å². The number of hydrogen-bond acceptors (Lipinski definition) is 17. The predicted octanol–water partition coefficient (Wildman–Crippen LogP) is 0.164. The van der Waals surface area contributed by atoms with Crippen molar-refractivity contribution in [3.8, 4) is 0 Å². The second kappa shape index (κ2) is 48.0. The van der Waals surface area contributed by atoms with Gasteiger partial charge in [0.15, 0.2) is 5.96 Å². The maximum Gasteiger partial charge on any atom is 0.317 e. The number of nitrogens with one attached hydrogen (secondary N) is 8. The van der Waals surface area contributed by atoms with Gasteiger partial charge in [0.2, 0.25) is 53.2 Å². The zero-order valence-corrected chi connectivity index (χ0v) is 54.2. The van der Waals surface area contributed by atoms with Crippen molar-refractivity contribution in [2.75, 3.05) is 78.8 Å². The summed E-state index contributed by atoms with van der Waals surface area (Å²) >= 11 is 0. The molecule has 0 saturated carbocycles. The Morgan fingerprint density at radius 2 is 0.957 bits per heavy atom. The lowest BCUT2D eigenvalue weighted by Gasteiger charge is -2.31. The van der Waals surface area contributed by atoms with Gasteiger partial charge in [-0.15, -0.1) is 0 Å². The summed E-state index contributed by atoms with van der Waals surface area (Å²) in [7, 11) is 0. The van der Waals surface area contributed by atoms with Gasteiger partial charge < -0.3 is 88.4 Å². The SMILES string of the molecule is CC(=O)N1CCC[C@H]1C(=O)N1CCC[C@H]1C(=O)N[C@@H](CCCNC(=N)N)C(=O)N[C@@H](CCC(=O)O)C(=O)N[C@@H](CCCCN(CC(=O)O)CC(=O)O)C(=O)N[C@@H](CCCCNC(=O)COCCOCCNC(=O)CCCCCCCCCCCCCCC(=O)O)C(N)=O. The Hall–Kier alpha value is -7.74. The second-order valence-corrected chi connectivity index (χ2v) is 23.6. The maximum atomic E-state index is 14.3. The summed E-state index contributed by atoms with van der Waals surface area (Å²) in [5, 5.41) is 62.9. The van der Waals surface area contributed by atoms with Crippen LogP contribution in [0.4, 0.5) is 0 Å². The van der Waals surface area contributed by atoms with Gasteiger partial charge in [0.05, 0.1) is 32.9 Å². The normalized spacial score (nSPS) is 15.7. The van der Waals surface area contributed by atoms with Crippen molar-refractivity contribution in [3.05, 3.63) is 0 Å². The number of guanidine groups is 1. The number of amides is 9. The molecule has 6 atom stereocenters. The van der Waals surface area contributed by atoms with Crippen molar-refractivity contribution in [2.45, 2.75) is 223 Å². The van der Waals surface area contributed by atoms with Crippen LogP contribution in [0.2, 0.25) is 0 Å². The van der Waals surface area contributed by atoms with Gasteiger partial charge in [0.1, 0.15) is 42.9 Å². The van der Waals surface area contributed by atoms with Gasteiger partial charge in [-0.1, -0.05) is 64.2 Å².